The van der Waals surface area contributed by atoms with E-state index in [0.717, 1.165) is 22.9 Å². The first-order valence-corrected chi connectivity index (χ1v) is 12.2. The van der Waals surface area contributed by atoms with Gasteiger partial charge in [0.05, 0.1) is 18.0 Å². The summed E-state index contributed by atoms with van der Waals surface area (Å²) < 4.78 is 37.9. The monoisotopic (exact) mass is 446 g/mol. The summed E-state index contributed by atoms with van der Waals surface area (Å²) in [5.41, 5.74) is 3.10. The molecule has 7 nitrogen and oxygen atoms in total. The molecular formula is C23H30N2O5S. The molecule has 1 aliphatic heterocycles. The van der Waals surface area contributed by atoms with Crippen LogP contribution in [0.15, 0.2) is 36.4 Å². The van der Waals surface area contributed by atoms with Crippen LogP contribution in [0.3, 0.4) is 0 Å². The van der Waals surface area contributed by atoms with Gasteiger partial charge < -0.3 is 14.8 Å². The van der Waals surface area contributed by atoms with Gasteiger partial charge in [-0.15, -0.1) is 0 Å². The second-order valence-corrected chi connectivity index (χ2v) is 9.77. The molecule has 0 fully saturated rings. The second-order valence-electron chi connectivity index (χ2n) is 7.91. The molecule has 0 radical (unpaired) electrons. The molecule has 0 unspecified atom stereocenters. The SMILES string of the molecule is CC[C@@H](C(=O)N[C@H](C)c1ccc2c(c1)OCCO2)N(c1cc(C)ccc1C)S(C)(=O)=O. The number of nitrogens with one attached hydrogen (secondary N) is 1. The average Bonchev–Trinajstić information content (AvgIpc) is 2.72. The largest absolute Gasteiger partial charge is 0.486 e. The highest BCUT2D eigenvalue weighted by molar-refractivity contribution is 7.92. The van der Waals surface area contributed by atoms with E-state index in [9.17, 15) is 13.2 Å². The summed E-state index contributed by atoms with van der Waals surface area (Å²) >= 11 is 0. The Morgan fingerprint density at radius 1 is 1.10 bits per heavy atom. The number of rotatable bonds is 7. The molecule has 0 aliphatic carbocycles. The van der Waals surface area contributed by atoms with Crippen molar-refractivity contribution in [2.75, 3.05) is 23.8 Å². The minimum atomic E-state index is -3.69. The van der Waals surface area contributed by atoms with E-state index in [4.69, 9.17) is 9.47 Å². The van der Waals surface area contributed by atoms with Crippen molar-refractivity contribution in [2.24, 2.45) is 0 Å². The number of anilines is 1. The van der Waals surface area contributed by atoms with Gasteiger partial charge in [-0.2, -0.15) is 0 Å². The van der Waals surface area contributed by atoms with Crippen LogP contribution in [0.2, 0.25) is 0 Å². The molecule has 0 saturated heterocycles. The van der Waals surface area contributed by atoms with Crippen molar-refractivity contribution in [3.05, 3.63) is 53.1 Å². The van der Waals surface area contributed by atoms with E-state index in [1.165, 1.54) is 4.31 Å². The Balaban J connectivity index is 1.87. The fourth-order valence-electron chi connectivity index (χ4n) is 3.71. The third-order valence-corrected chi connectivity index (χ3v) is 6.52. The van der Waals surface area contributed by atoms with Gasteiger partial charge in [0.15, 0.2) is 11.5 Å². The van der Waals surface area contributed by atoms with Gasteiger partial charge in [0.1, 0.15) is 19.3 Å². The van der Waals surface area contributed by atoms with E-state index in [-0.39, 0.29) is 11.9 Å². The molecule has 2 atom stereocenters. The van der Waals surface area contributed by atoms with Crippen molar-refractivity contribution in [1.82, 2.24) is 5.32 Å². The number of nitrogens with zero attached hydrogens (tertiary/aromatic N) is 1. The van der Waals surface area contributed by atoms with Crippen LogP contribution in [0.1, 0.15) is 43.0 Å². The van der Waals surface area contributed by atoms with Crippen LogP contribution in [0.5, 0.6) is 11.5 Å². The molecule has 8 heteroatoms. The van der Waals surface area contributed by atoms with Gasteiger partial charge in [-0.25, -0.2) is 8.42 Å². The van der Waals surface area contributed by atoms with Gasteiger partial charge in [0.25, 0.3) is 0 Å². The van der Waals surface area contributed by atoms with Crippen LogP contribution in [0, 0.1) is 13.8 Å². The zero-order chi connectivity index (χ0) is 22.8. The normalized spacial score (nSPS) is 15.1. The molecule has 3 rings (SSSR count). The molecule has 1 heterocycles. The smallest absolute Gasteiger partial charge is 0.244 e. The van der Waals surface area contributed by atoms with E-state index in [1.807, 2.05) is 58.0 Å². The lowest BCUT2D eigenvalue weighted by Gasteiger charge is -2.32. The molecule has 0 saturated carbocycles. The lowest BCUT2D eigenvalue weighted by atomic mass is 10.1. The molecule has 168 valence electrons. The number of hydrogen-bond acceptors (Lipinski definition) is 5. The zero-order valence-electron chi connectivity index (χ0n) is 18.6. The lowest BCUT2D eigenvalue weighted by molar-refractivity contribution is -0.122. The maximum atomic E-state index is 13.2. The molecule has 0 spiro atoms. The van der Waals surface area contributed by atoms with E-state index >= 15 is 0 Å². The quantitative estimate of drug-likeness (QED) is 0.704. The summed E-state index contributed by atoms with van der Waals surface area (Å²) in [5, 5.41) is 2.97. The summed E-state index contributed by atoms with van der Waals surface area (Å²) in [6, 6.07) is 9.93. The number of aryl methyl sites for hydroxylation is 2. The van der Waals surface area contributed by atoms with Crippen LogP contribution in [-0.4, -0.2) is 39.8 Å². The highest BCUT2D eigenvalue weighted by Gasteiger charge is 2.33. The van der Waals surface area contributed by atoms with Crippen LogP contribution < -0.4 is 19.1 Å². The number of sulfonamides is 1. The zero-order valence-corrected chi connectivity index (χ0v) is 19.5. The van der Waals surface area contributed by atoms with Gasteiger partial charge in [0.2, 0.25) is 15.9 Å². The summed E-state index contributed by atoms with van der Waals surface area (Å²) in [7, 11) is -3.69. The Morgan fingerprint density at radius 3 is 2.42 bits per heavy atom. The van der Waals surface area contributed by atoms with Gasteiger partial charge in [-0.1, -0.05) is 25.1 Å². The van der Waals surface area contributed by atoms with E-state index < -0.39 is 16.1 Å². The van der Waals surface area contributed by atoms with Crippen molar-refractivity contribution < 1.29 is 22.7 Å². The van der Waals surface area contributed by atoms with Crippen LogP contribution in [0.25, 0.3) is 0 Å². The average molecular weight is 447 g/mol. The van der Waals surface area contributed by atoms with Crippen LogP contribution in [-0.2, 0) is 14.8 Å². The summed E-state index contributed by atoms with van der Waals surface area (Å²) in [5.74, 6) is 0.972. The maximum absolute atomic E-state index is 13.2. The van der Waals surface area contributed by atoms with E-state index in [1.54, 1.807) is 6.07 Å². The van der Waals surface area contributed by atoms with E-state index in [2.05, 4.69) is 5.32 Å². The molecule has 1 N–H and O–H groups in total. The van der Waals surface area contributed by atoms with Crippen molar-refractivity contribution in [2.45, 2.75) is 46.2 Å². The highest BCUT2D eigenvalue weighted by Crippen LogP contribution is 2.33. The number of carbonyl (C=O) groups excluding carboxylic acids is 1. The topological polar surface area (TPSA) is 84.9 Å². The Kier molecular flexibility index (Phi) is 6.79. The summed E-state index contributed by atoms with van der Waals surface area (Å²) in [4.78, 5) is 13.2. The number of fused-ring (bicyclic) bond motifs is 1. The van der Waals surface area contributed by atoms with Gasteiger partial charge in [0, 0.05) is 0 Å². The Hall–Kier alpha value is -2.74. The number of hydrogen-bond donors (Lipinski definition) is 1. The first kappa shape index (κ1) is 22.9. The van der Waals surface area contributed by atoms with Crippen molar-refractivity contribution in [3.8, 4) is 11.5 Å². The van der Waals surface area contributed by atoms with Crippen molar-refractivity contribution >= 4 is 21.6 Å². The molecule has 2 aromatic rings. The number of amides is 1. The molecule has 31 heavy (non-hydrogen) atoms. The first-order valence-electron chi connectivity index (χ1n) is 10.4. The standard InChI is InChI=1S/C23H30N2O5S/c1-6-19(25(31(5,27)28)20-13-15(2)7-8-16(20)3)23(26)24-17(4)18-9-10-21-22(14-18)30-12-11-29-21/h7-10,13-14,17,19H,6,11-12H2,1-5H3,(H,24,26)/t17-,19+/m1/s1. The Labute approximate surface area is 184 Å². The van der Waals surface area contributed by atoms with Crippen LogP contribution in [0.4, 0.5) is 5.69 Å². The number of carbonyl (C=O) groups is 1. The fourth-order valence-corrected chi connectivity index (χ4v) is 4.98. The summed E-state index contributed by atoms with van der Waals surface area (Å²) in [6.45, 7) is 8.40. The highest BCUT2D eigenvalue weighted by atomic mass is 32.2. The van der Waals surface area contributed by atoms with Gasteiger partial charge in [-0.3, -0.25) is 9.10 Å². The number of benzene rings is 2. The Bertz CT molecular complexity index is 1070. The van der Waals surface area contributed by atoms with Crippen molar-refractivity contribution in [1.29, 1.82) is 0 Å². The second kappa shape index (κ2) is 9.18. The molecule has 2 aromatic carbocycles. The third kappa shape index (κ3) is 5.12. The van der Waals surface area contributed by atoms with Gasteiger partial charge >= 0.3 is 0 Å². The van der Waals surface area contributed by atoms with E-state index in [0.29, 0.717) is 36.8 Å². The predicted octanol–water partition coefficient (Wildman–Crippen LogP) is 3.50. The minimum Gasteiger partial charge on any atom is -0.486 e. The molecule has 1 amide bonds. The third-order valence-electron chi connectivity index (χ3n) is 5.36. The minimum absolute atomic E-state index is 0.333. The lowest BCUT2D eigenvalue weighted by Crippen LogP contribution is -2.50. The molecular weight excluding hydrogens is 416 g/mol. The van der Waals surface area contributed by atoms with Crippen LogP contribution >= 0.6 is 0 Å². The van der Waals surface area contributed by atoms with Gasteiger partial charge in [-0.05, 0) is 62.1 Å². The predicted molar refractivity (Wildman–Crippen MR) is 121 cm³/mol. The maximum Gasteiger partial charge on any atom is 0.244 e. The molecule has 0 aromatic heterocycles. The first-order chi connectivity index (χ1) is 14.6. The fraction of sp³-hybridized carbons (Fsp3) is 0.435. The molecule has 1 aliphatic rings. The summed E-state index contributed by atoms with van der Waals surface area (Å²) in [6.07, 6.45) is 1.47. The molecule has 0 bridgehead atoms. The Morgan fingerprint density at radius 2 is 1.77 bits per heavy atom. The van der Waals surface area contributed by atoms with Crippen molar-refractivity contribution in [3.63, 3.8) is 0 Å². The number of ether oxygens (including phenoxy) is 2.